The van der Waals surface area contributed by atoms with Crippen molar-refractivity contribution >= 4 is 17.3 Å². The molecule has 2 aliphatic rings. The summed E-state index contributed by atoms with van der Waals surface area (Å²) < 4.78 is 5.28. The second-order valence-electron chi connectivity index (χ2n) is 6.37. The number of rotatable bonds is 4. The minimum absolute atomic E-state index is 0.0548. The molecule has 1 heterocycles. The first-order valence-corrected chi connectivity index (χ1v) is 8.57. The highest BCUT2D eigenvalue weighted by atomic mass is 16.6. The highest BCUT2D eigenvalue weighted by molar-refractivity contribution is 6.00. The molecule has 0 bridgehead atoms. The van der Waals surface area contributed by atoms with E-state index in [1.165, 1.54) is 31.4 Å². The van der Waals surface area contributed by atoms with Crippen LogP contribution < -0.4 is 5.32 Å². The molecule has 1 aliphatic heterocycles. The number of nitrogens with one attached hydrogen (secondary N) is 1. The second kappa shape index (κ2) is 7.61. The van der Waals surface area contributed by atoms with E-state index in [0.717, 1.165) is 12.8 Å². The number of benzene rings is 1. The molecule has 1 saturated heterocycles. The molecule has 0 aromatic heterocycles. The first kappa shape index (κ1) is 16.7. The Morgan fingerprint density at radius 1 is 1.21 bits per heavy atom. The highest BCUT2D eigenvalue weighted by Crippen LogP contribution is 2.28. The van der Waals surface area contributed by atoms with Crippen LogP contribution in [0.4, 0.5) is 11.4 Å². The largest absolute Gasteiger partial charge is 0.382 e. The maximum absolute atomic E-state index is 12.8. The van der Waals surface area contributed by atoms with Gasteiger partial charge in [0, 0.05) is 37.0 Å². The van der Waals surface area contributed by atoms with Gasteiger partial charge in [0.05, 0.1) is 23.7 Å². The minimum atomic E-state index is -0.458. The predicted molar refractivity (Wildman–Crippen MR) is 90.3 cm³/mol. The molecule has 24 heavy (non-hydrogen) atoms. The topological polar surface area (TPSA) is 84.7 Å². The number of hydrogen-bond donors (Lipinski definition) is 1. The van der Waals surface area contributed by atoms with Crippen LogP contribution in [0.15, 0.2) is 18.2 Å². The molecule has 3 rings (SSSR count). The van der Waals surface area contributed by atoms with Crippen LogP contribution in [0, 0.1) is 10.1 Å². The van der Waals surface area contributed by atoms with Crippen molar-refractivity contribution in [1.29, 1.82) is 0 Å². The molecule has 1 aromatic rings. The van der Waals surface area contributed by atoms with Gasteiger partial charge in [0.25, 0.3) is 11.6 Å². The fourth-order valence-corrected chi connectivity index (χ4v) is 3.35. The van der Waals surface area contributed by atoms with E-state index in [0.29, 0.717) is 43.6 Å². The van der Waals surface area contributed by atoms with E-state index in [4.69, 9.17) is 4.74 Å². The van der Waals surface area contributed by atoms with Crippen LogP contribution in [0.2, 0.25) is 0 Å². The molecule has 2 fully saturated rings. The summed E-state index contributed by atoms with van der Waals surface area (Å²) in [5.41, 5.74) is 1.03. The summed E-state index contributed by atoms with van der Waals surface area (Å²) in [4.78, 5) is 25.2. The molecule has 130 valence electrons. The molecule has 1 aromatic carbocycles. The molecule has 1 saturated carbocycles. The van der Waals surface area contributed by atoms with Gasteiger partial charge in [-0.1, -0.05) is 19.3 Å². The molecule has 0 spiro atoms. The Bertz CT molecular complexity index is 608. The van der Waals surface area contributed by atoms with Crippen molar-refractivity contribution < 1.29 is 14.5 Å². The Kier molecular flexibility index (Phi) is 5.30. The summed E-state index contributed by atoms with van der Waals surface area (Å²) in [5.74, 6) is -0.166. The van der Waals surface area contributed by atoms with Crippen molar-refractivity contribution in [3.8, 4) is 0 Å². The monoisotopic (exact) mass is 333 g/mol. The van der Waals surface area contributed by atoms with Gasteiger partial charge < -0.3 is 15.0 Å². The lowest BCUT2D eigenvalue weighted by Gasteiger charge is -2.29. The molecule has 1 aliphatic carbocycles. The van der Waals surface area contributed by atoms with Gasteiger partial charge in [0.1, 0.15) is 0 Å². The maximum atomic E-state index is 12.8. The van der Waals surface area contributed by atoms with Gasteiger partial charge in [-0.05, 0) is 18.9 Å². The molecule has 0 radical (unpaired) electrons. The van der Waals surface area contributed by atoms with Crippen LogP contribution in [0.5, 0.6) is 0 Å². The SMILES string of the molecule is O=C(c1cc([N+](=O)[O-])ccc1NC1CCCCC1)N1CCOCC1. The minimum Gasteiger partial charge on any atom is -0.382 e. The average molecular weight is 333 g/mol. The number of ether oxygens (including phenoxy) is 1. The third kappa shape index (κ3) is 3.84. The van der Waals surface area contributed by atoms with E-state index in [9.17, 15) is 14.9 Å². The standard InChI is InChI=1S/C17H23N3O4/c21-17(19-8-10-24-11-9-19)15-12-14(20(22)23)6-7-16(15)18-13-4-2-1-3-5-13/h6-7,12-13,18H,1-5,8-11H2. The van der Waals surface area contributed by atoms with Crippen molar-refractivity contribution in [3.63, 3.8) is 0 Å². The fraction of sp³-hybridized carbons (Fsp3) is 0.588. The number of hydrogen-bond acceptors (Lipinski definition) is 5. The van der Waals surface area contributed by atoms with Gasteiger partial charge in [0.2, 0.25) is 0 Å². The number of carbonyl (C=O) groups excluding carboxylic acids is 1. The molecular weight excluding hydrogens is 310 g/mol. The molecular formula is C17H23N3O4. The lowest BCUT2D eigenvalue weighted by Crippen LogP contribution is -2.41. The molecule has 7 nitrogen and oxygen atoms in total. The van der Waals surface area contributed by atoms with E-state index in [1.54, 1.807) is 11.0 Å². The van der Waals surface area contributed by atoms with Crippen LogP contribution in [0.3, 0.4) is 0 Å². The molecule has 1 amide bonds. The van der Waals surface area contributed by atoms with Gasteiger partial charge in [-0.3, -0.25) is 14.9 Å². The summed E-state index contributed by atoms with van der Waals surface area (Å²) in [6.07, 6.45) is 5.75. The zero-order valence-corrected chi connectivity index (χ0v) is 13.7. The Hall–Kier alpha value is -2.15. The number of nitrogens with zero attached hydrogens (tertiary/aromatic N) is 2. The number of nitro benzene ring substituents is 1. The summed E-state index contributed by atoms with van der Waals surface area (Å²) in [7, 11) is 0. The Morgan fingerprint density at radius 2 is 1.92 bits per heavy atom. The van der Waals surface area contributed by atoms with Crippen molar-refractivity contribution in [3.05, 3.63) is 33.9 Å². The van der Waals surface area contributed by atoms with Crippen LogP contribution in [0.25, 0.3) is 0 Å². The lowest BCUT2D eigenvalue weighted by atomic mass is 9.95. The van der Waals surface area contributed by atoms with E-state index in [-0.39, 0.29) is 11.6 Å². The van der Waals surface area contributed by atoms with Gasteiger partial charge in [-0.15, -0.1) is 0 Å². The molecule has 1 N–H and O–H groups in total. The van der Waals surface area contributed by atoms with Crippen molar-refractivity contribution in [2.75, 3.05) is 31.6 Å². The van der Waals surface area contributed by atoms with Gasteiger partial charge in [0.15, 0.2) is 0 Å². The number of anilines is 1. The Labute approximate surface area is 141 Å². The zero-order valence-electron chi connectivity index (χ0n) is 13.7. The van der Waals surface area contributed by atoms with Crippen LogP contribution in [-0.2, 0) is 4.74 Å². The number of nitro groups is 1. The average Bonchev–Trinajstić information content (AvgIpc) is 2.63. The highest BCUT2D eigenvalue weighted by Gasteiger charge is 2.25. The quantitative estimate of drug-likeness (QED) is 0.676. The van der Waals surface area contributed by atoms with Crippen molar-refractivity contribution in [1.82, 2.24) is 4.90 Å². The number of amides is 1. The normalized spacial score (nSPS) is 19.1. The summed E-state index contributed by atoms with van der Waals surface area (Å²) in [6.45, 7) is 2.05. The van der Waals surface area contributed by atoms with E-state index in [1.807, 2.05) is 0 Å². The van der Waals surface area contributed by atoms with Crippen molar-refractivity contribution in [2.45, 2.75) is 38.1 Å². The van der Waals surface area contributed by atoms with Gasteiger partial charge in [-0.2, -0.15) is 0 Å². The molecule has 0 atom stereocenters. The van der Waals surface area contributed by atoms with E-state index < -0.39 is 4.92 Å². The molecule has 7 heteroatoms. The Morgan fingerprint density at radius 3 is 2.58 bits per heavy atom. The van der Waals surface area contributed by atoms with E-state index in [2.05, 4.69) is 5.32 Å². The fourth-order valence-electron chi connectivity index (χ4n) is 3.35. The smallest absolute Gasteiger partial charge is 0.270 e. The number of morpholine rings is 1. The third-order valence-corrected chi connectivity index (χ3v) is 4.71. The maximum Gasteiger partial charge on any atom is 0.270 e. The van der Waals surface area contributed by atoms with Crippen LogP contribution in [0.1, 0.15) is 42.5 Å². The number of non-ortho nitro benzene ring substituents is 1. The second-order valence-corrected chi connectivity index (χ2v) is 6.37. The first-order chi connectivity index (χ1) is 11.6. The zero-order chi connectivity index (χ0) is 16.9. The van der Waals surface area contributed by atoms with Gasteiger partial charge >= 0.3 is 0 Å². The lowest BCUT2D eigenvalue weighted by molar-refractivity contribution is -0.384. The van der Waals surface area contributed by atoms with E-state index >= 15 is 0 Å². The Balaban J connectivity index is 1.85. The number of carbonyl (C=O) groups is 1. The van der Waals surface area contributed by atoms with Crippen LogP contribution >= 0.6 is 0 Å². The summed E-state index contributed by atoms with van der Waals surface area (Å²) in [5, 5.41) is 14.5. The summed E-state index contributed by atoms with van der Waals surface area (Å²) >= 11 is 0. The molecule has 0 unspecified atom stereocenters. The summed E-state index contributed by atoms with van der Waals surface area (Å²) in [6, 6.07) is 4.85. The van der Waals surface area contributed by atoms with Crippen molar-refractivity contribution in [2.24, 2.45) is 0 Å². The third-order valence-electron chi connectivity index (χ3n) is 4.71. The van der Waals surface area contributed by atoms with Crippen LogP contribution in [-0.4, -0.2) is 48.1 Å². The van der Waals surface area contributed by atoms with Gasteiger partial charge in [-0.25, -0.2) is 0 Å². The first-order valence-electron chi connectivity index (χ1n) is 8.57. The predicted octanol–water partition coefficient (Wildman–Crippen LogP) is 2.81.